The van der Waals surface area contributed by atoms with E-state index >= 15 is 0 Å². The van der Waals surface area contributed by atoms with Gasteiger partial charge in [-0.2, -0.15) is 0 Å². The highest BCUT2D eigenvalue weighted by Gasteiger charge is 2.52. The van der Waals surface area contributed by atoms with Gasteiger partial charge in [-0.05, 0) is 102 Å². The first-order chi connectivity index (χ1) is 30.3. The summed E-state index contributed by atoms with van der Waals surface area (Å²) >= 11 is 0. The molecule has 0 saturated heterocycles. The van der Waals surface area contributed by atoms with E-state index in [4.69, 9.17) is 4.42 Å². The van der Waals surface area contributed by atoms with Crippen molar-refractivity contribution in [2.24, 2.45) is 0 Å². The van der Waals surface area contributed by atoms with Crippen molar-refractivity contribution < 1.29 is 4.42 Å². The Labute approximate surface area is 354 Å². The van der Waals surface area contributed by atoms with Crippen molar-refractivity contribution in [3.8, 4) is 44.5 Å². The minimum absolute atomic E-state index is 0.450. The van der Waals surface area contributed by atoms with Crippen LogP contribution >= 0.6 is 0 Å². The molecule has 11 aromatic rings. The van der Waals surface area contributed by atoms with E-state index < -0.39 is 5.41 Å². The normalized spacial score (nSPS) is 13.0. The molecule has 10 aromatic carbocycles. The van der Waals surface area contributed by atoms with E-state index in [2.05, 4.69) is 223 Å². The highest BCUT2D eigenvalue weighted by atomic mass is 16.3. The fourth-order valence-corrected chi connectivity index (χ4v) is 10.7. The molecule has 2 nitrogen and oxygen atoms in total. The lowest BCUT2D eigenvalue weighted by Crippen LogP contribution is -2.26. The summed E-state index contributed by atoms with van der Waals surface area (Å²) in [6, 6.07) is 82.1. The zero-order valence-corrected chi connectivity index (χ0v) is 33.2. The molecule has 2 aliphatic carbocycles. The summed E-state index contributed by atoms with van der Waals surface area (Å²) in [5.41, 5.74) is 19.7. The number of para-hydroxylation sites is 2. The van der Waals surface area contributed by atoms with Crippen LogP contribution in [-0.4, -0.2) is 0 Å². The molecular weight excluding hydrogens is 739 g/mol. The minimum atomic E-state index is -0.450. The summed E-state index contributed by atoms with van der Waals surface area (Å²) < 4.78 is 6.81. The number of benzene rings is 10. The van der Waals surface area contributed by atoms with Gasteiger partial charge in [-0.3, -0.25) is 0 Å². The van der Waals surface area contributed by atoms with Crippen LogP contribution in [0.4, 0.5) is 17.1 Å². The number of anilines is 3. The van der Waals surface area contributed by atoms with Gasteiger partial charge in [0.2, 0.25) is 0 Å². The SMILES string of the molecule is c1ccc2c(c1)-c1ccccc1C21c2ccccc2-c2c(N(c3ccc(-c4ccc(-c5cccc6ccccc56)cc4)cc3)c3cccc4c3oc3ccccc34)cccc21. The molecule has 1 spiro atoms. The molecule has 13 rings (SSSR count). The van der Waals surface area contributed by atoms with Crippen molar-refractivity contribution in [1.29, 1.82) is 0 Å². The number of fused-ring (bicyclic) bond motifs is 14. The Kier molecular flexibility index (Phi) is 7.26. The van der Waals surface area contributed by atoms with Gasteiger partial charge in [0.05, 0.1) is 16.8 Å². The molecule has 1 aromatic heterocycles. The highest BCUT2D eigenvalue weighted by molar-refractivity contribution is 6.11. The average Bonchev–Trinajstić information content (AvgIpc) is 3.97. The van der Waals surface area contributed by atoms with Crippen LogP contribution in [0.3, 0.4) is 0 Å². The predicted molar refractivity (Wildman–Crippen MR) is 253 cm³/mol. The molecule has 0 N–H and O–H groups in total. The largest absolute Gasteiger partial charge is 0.454 e. The molecule has 0 atom stereocenters. The molecule has 0 aliphatic heterocycles. The topological polar surface area (TPSA) is 16.4 Å². The first-order valence-electron chi connectivity index (χ1n) is 21.1. The van der Waals surface area contributed by atoms with E-state index in [1.165, 1.54) is 72.0 Å². The van der Waals surface area contributed by atoms with E-state index in [1.54, 1.807) is 0 Å². The zero-order chi connectivity index (χ0) is 40.1. The van der Waals surface area contributed by atoms with Gasteiger partial charge < -0.3 is 9.32 Å². The summed E-state index contributed by atoms with van der Waals surface area (Å²) in [6.07, 6.45) is 0. The maximum absolute atomic E-state index is 6.81. The Morgan fingerprint density at radius 1 is 0.328 bits per heavy atom. The van der Waals surface area contributed by atoms with Gasteiger partial charge in [0.25, 0.3) is 0 Å². The Hall–Kier alpha value is -7.94. The molecule has 1 heterocycles. The molecule has 2 heteroatoms. The third kappa shape index (κ3) is 4.79. The second-order valence-corrected chi connectivity index (χ2v) is 16.3. The lowest BCUT2D eigenvalue weighted by atomic mass is 9.70. The van der Waals surface area contributed by atoms with Crippen molar-refractivity contribution in [2.75, 3.05) is 4.90 Å². The monoisotopic (exact) mass is 775 g/mol. The number of hydrogen-bond acceptors (Lipinski definition) is 2. The lowest BCUT2D eigenvalue weighted by molar-refractivity contribution is 0.669. The summed E-state index contributed by atoms with van der Waals surface area (Å²) in [5, 5.41) is 4.74. The van der Waals surface area contributed by atoms with E-state index in [0.717, 1.165) is 44.6 Å². The van der Waals surface area contributed by atoms with Crippen LogP contribution in [0.25, 0.3) is 77.2 Å². The third-order valence-electron chi connectivity index (χ3n) is 13.3. The summed E-state index contributed by atoms with van der Waals surface area (Å²) in [7, 11) is 0. The molecule has 2 aliphatic rings. The van der Waals surface area contributed by atoms with Crippen molar-refractivity contribution in [3.63, 3.8) is 0 Å². The Balaban J connectivity index is 1.01. The van der Waals surface area contributed by atoms with Crippen LogP contribution < -0.4 is 4.90 Å². The van der Waals surface area contributed by atoms with Crippen molar-refractivity contribution >= 4 is 49.8 Å². The molecule has 0 radical (unpaired) electrons. The molecule has 0 unspecified atom stereocenters. The minimum Gasteiger partial charge on any atom is -0.454 e. The Morgan fingerprint density at radius 3 is 1.57 bits per heavy atom. The van der Waals surface area contributed by atoms with Gasteiger partial charge in [0.15, 0.2) is 5.58 Å². The first-order valence-corrected chi connectivity index (χ1v) is 21.1. The maximum Gasteiger partial charge on any atom is 0.159 e. The second kappa shape index (κ2) is 13.0. The number of rotatable bonds is 5. The first kappa shape index (κ1) is 34.0. The maximum atomic E-state index is 6.81. The molecule has 0 fully saturated rings. The van der Waals surface area contributed by atoms with E-state index in [9.17, 15) is 0 Å². The van der Waals surface area contributed by atoms with E-state index in [-0.39, 0.29) is 0 Å². The highest BCUT2D eigenvalue weighted by Crippen LogP contribution is 2.64. The van der Waals surface area contributed by atoms with E-state index in [1.807, 2.05) is 6.07 Å². The van der Waals surface area contributed by atoms with Crippen LogP contribution in [0.5, 0.6) is 0 Å². The van der Waals surface area contributed by atoms with Crippen molar-refractivity contribution in [3.05, 3.63) is 247 Å². The van der Waals surface area contributed by atoms with Crippen LogP contribution in [-0.2, 0) is 5.41 Å². The van der Waals surface area contributed by atoms with Crippen molar-refractivity contribution in [1.82, 2.24) is 0 Å². The fraction of sp³-hybridized carbons (Fsp3) is 0.0169. The average molecular weight is 776 g/mol. The quantitative estimate of drug-likeness (QED) is 0.173. The Morgan fingerprint density at radius 2 is 0.820 bits per heavy atom. The van der Waals surface area contributed by atoms with Crippen LogP contribution in [0.2, 0.25) is 0 Å². The molecule has 61 heavy (non-hydrogen) atoms. The molecule has 0 bridgehead atoms. The van der Waals surface area contributed by atoms with Crippen LogP contribution in [0.15, 0.2) is 229 Å². The predicted octanol–water partition coefficient (Wildman–Crippen LogP) is 15.9. The number of furan rings is 1. The van der Waals surface area contributed by atoms with E-state index in [0.29, 0.717) is 0 Å². The summed E-state index contributed by atoms with van der Waals surface area (Å²) in [5.74, 6) is 0. The smallest absolute Gasteiger partial charge is 0.159 e. The standard InChI is InChI=1S/C59H37NO/c1-2-16-43-40(14-1)15-11-21-44(43)41-32-30-38(31-33-41)39-34-36-42(37-35-39)60(55-28-12-22-48-47-19-6-10-29-56(47)61-58(48)55)54-27-13-26-53-57(54)49-20-5-9-25-52(49)59(53)50-23-7-3-17-45(50)46-18-4-8-24-51(46)59/h1-37H. The van der Waals surface area contributed by atoms with Gasteiger partial charge in [-0.15, -0.1) is 0 Å². The lowest BCUT2D eigenvalue weighted by Gasteiger charge is -2.31. The molecule has 0 saturated carbocycles. The summed E-state index contributed by atoms with van der Waals surface area (Å²) in [4.78, 5) is 2.43. The van der Waals surface area contributed by atoms with Gasteiger partial charge in [-0.25, -0.2) is 0 Å². The molecule has 284 valence electrons. The Bertz CT molecular complexity index is 3490. The van der Waals surface area contributed by atoms with Gasteiger partial charge >= 0.3 is 0 Å². The van der Waals surface area contributed by atoms with Gasteiger partial charge in [0, 0.05) is 22.0 Å². The van der Waals surface area contributed by atoms with Crippen molar-refractivity contribution in [2.45, 2.75) is 5.41 Å². The zero-order valence-electron chi connectivity index (χ0n) is 33.2. The van der Waals surface area contributed by atoms with Gasteiger partial charge in [-0.1, -0.05) is 194 Å². The molecular formula is C59H37NO. The third-order valence-corrected chi connectivity index (χ3v) is 13.3. The van der Waals surface area contributed by atoms with Gasteiger partial charge in [0.1, 0.15) is 5.58 Å². The van der Waals surface area contributed by atoms with Crippen LogP contribution in [0.1, 0.15) is 22.3 Å². The summed E-state index contributed by atoms with van der Waals surface area (Å²) in [6.45, 7) is 0. The van der Waals surface area contributed by atoms with Crippen LogP contribution in [0, 0.1) is 0 Å². The fourth-order valence-electron chi connectivity index (χ4n) is 10.7. The number of nitrogens with zero attached hydrogens (tertiary/aromatic N) is 1. The number of hydrogen-bond donors (Lipinski definition) is 0. The molecule has 0 amide bonds. The second-order valence-electron chi connectivity index (χ2n) is 16.3.